The summed E-state index contributed by atoms with van der Waals surface area (Å²) in [5.41, 5.74) is 8.82. The Morgan fingerprint density at radius 1 is 1.23 bits per heavy atom. The third-order valence-electron chi connectivity index (χ3n) is 4.80. The molecule has 0 radical (unpaired) electrons. The first-order chi connectivity index (χ1) is 12.5. The van der Waals surface area contributed by atoms with Crippen LogP contribution < -0.4 is 11.3 Å². The van der Waals surface area contributed by atoms with Crippen molar-refractivity contribution >= 4 is 10.9 Å². The Balaban J connectivity index is 2.03. The van der Waals surface area contributed by atoms with E-state index in [1.165, 1.54) is 0 Å². The van der Waals surface area contributed by atoms with E-state index in [0.717, 1.165) is 33.4 Å². The second kappa shape index (κ2) is 7.11. The first-order valence-electron chi connectivity index (χ1n) is 8.71. The summed E-state index contributed by atoms with van der Waals surface area (Å²) in [5, 5.41) is 10.8. The molecule has 132 valence electrons. The van der Waals surface area contributed by atoms with Crippen LogP contribution in [0.4, 0.5) is 0 Å². The van der Waals surface area contributed by atoms with Gasteiger partial charge in [0.05, 0.1) is 17.2 Å². The highest BCUT2D eigenvalue weighted by Gasteiger charge is 2.28. The lowest BCUT2D eigenvalue weighted by Gasteiger charge is -2.22. The molecule has 0 saturated heterocycles. The molecular formula is C21H22N4O. The van der Waals surface area contributed by atoms with Crippen molar-refractivity contribution < 1.29 is 0 Å². The fourth-order valence-corrected chi connectivity index (χ4v) is 3.16. The van der Waals surface area contributed by atoms with Crippen LogP contribution in [0.15, 0.2) is 47.3 Å². The molecule has 2 aromatic heterocycles. The molecule has 0 bridgehead atoms. The largest absolute Gasteiger partial charge is 0.325 e. The minimum Gasteiger partial charge on any atom is -0.325 e. The van der Waals surface area contributed by atoms with Crippen molar-refractivity contribution in [2.24, 2.45) is 5.73 Å². The van der Waals surface area contributed by atoms with Crippen LogP contribution in [0, 0.1) is 11.3 Å². The number of hydrogen-bond donors (Lipinski definition) is 2. The molecule has 26 heavy (non-hydrogen) atoms. The number of nitriles is 1. The molecule has 5 nitrogen and oxygen atoms in total. The third kappa shape index (κ3) is 3.37. The second-order valence-corrected chi connectivity index (χ2v) is 6.72. The van der Waals surface area contributed by atoms with E-state index in [9.17, 15) is 10.1 Å². The SMILES string of the molecule is CCc1cc2ccc(C(C)(C#N)Cc3cccc(CN)n3)cc2[nH]c1=O. The first kappa shape index (κ1) is 17.8. The minimum absolute atomic E-state index is 0.0758. The number of fused-ring (bicyclic) bond motifs is 1. The molecule has 1 unspecified atom stereocenters. The Labute approximate surface area is 152 Å². The Kier molecular flexibility index (Phi) is 4.88. The van der Waals surface area contributed by atoms with Crippen molar-refractivity contribution in [2.75, 3.05) is 0 Å². The maximum atomic E-state index is 12.1. The number of nitrogens with zero attached hydrogens (tertiary/aromatic N) is 2. The van der Waals surface area contributed by atoms with E-state index in [1.807, 2.05) is 56.3 Å². The monoisotopic (exact) mass is 346 g/mol. The van der Waals surface area contributed by atoms with E-state index in [4.69, 9.17) is 5.73 Å². The summed E-state index contributed by atoms with van der Waals surface area (Å²) < 4.78 is 0. The van der Waals surface area contributed by atoms with E-state index >= 15 is 0 Å². The summed E-state index contributed by atoms with van der Waals surface area (Å²) in [6.45, 7) is 4.22. The minimum atomic E-state index is -0.755. The van der Waals surface area contributed by atoms with Gasteiger partial charge in [-0.1, -0.05) is 25.1 Å². The van der Waals surface area contributed by atoms with Crippen LogP contribution in [-0.4, -0.2) is 9.97 Å². The average Bonchev–Trinajstić information content (AvgIpc) is 2.67. The van der Waals surface area contributed by atoms with Crippen LogP contribution in [0.2, 0.25) is 0 Å². The lowest BCUT2D eigenvalue weighted by Crippen LogP contribution is -2.24. The molecule has 3 aromatic rings. The summed E-state index contributed by atoms with van der Waals surface area (Å²) in [4.78, 5) is 19.6. The number of aryl methyl sites for hydroxylation is 1. The van der Waals surface area contributed by atoms with Gasteiger partial charge in [0.15, 0.2) is 0 Å². The quantitative estimate of drug-likeness (QED) is 0.742. The van der Waals surface area contributed by atoms with Gasteiger partial charge in [-0.05, 0) is 48.6 Å². The molecule has 0 aliphatic heterocycles. The Morgan fingerprint density at radius 2 is 2.00 bits per heavy atom. The van der Waals surface area contributed by atoms with Crippen LogP contribution in [0.5, 0.6) is 0 Å². The fraction of sp³-hybridized carbons (Fsp3) is 0.286. The van der Waals surface area contributed by atoms with Crippen molar-refractivity contribution in [3.05, 3.63) is 75.3 Å². The van der Waals surface area contributed by atoms with Crippen molar-refractivity contribution in [3.8, 4) is 6.07 Å². The van der Waals surface area contributed by atoms with Crippen LogP contribution in [0.3, 0.4) is 0 Å². The number of aromatic amines is 1. The molecule has 0 fully saturated rings. The van der Waals surface area contributed by atoms with Gasteiger partial charge < -0.3 is 10.7 Å². The normalized spacial score (nSPS) is 13.3. The fourth-order valence-electron chi connectivity index (χ4n) is 3.16. The van der Waals surface area contributed by atoms with E-state index in [1.54, 1.807) is 0 Å². The highest BCUT2D eigenvalue weighted by Crippen LogP contribution is 2.29. The molecule has 0 saturated carbocycles. The lowest BCUT2D eigenvalue weighted by atomic mass is 9.79. The summed E-state index contributed by atoms with van der Waals surface area (Å²) in [7, 11) is 0. The van der Waals surface area contributed by atoms with Crippen LogP contribution in [-0.2, 0) is 24.8 Å². The molecule has 0 aliphatic carbocycles. The average molecular weight is 346 g/mol. The first-order valence-corrected chi connectivity index (χ1v) is 8.71. The van der Waals surface area contributed by atoms with Gasteiger partial charge in [-0.25, -0.2) is 0 Å². The van der Waals surface area contributed by atoms with E-state index in [0.29, 0.717) is 19.4 Å². The Morgan fingerprint density at radius 3 is 2.69 bits per heavy atom. The number of benzene rings is 1. The molecule has 3 rings (SSSR count). The summed E-state index contributed by atoms with van der Waals surface area (Å²) >= 11 is 0. The molecule has 0 spiro atoms. The van der Waals surface area contributed by atoms with Crippen LogP contribution >= 0.6 is 0 Å². The number of aromatic nitrogens is 2. The molecule has 2 heterocycles. The maximum absolute atomic E-state index is 12.1. The molecule has 3 N–H and O–H groups in total. The van der Waals surface area contributed by atoms with Gasteiger partial charge in [0.25, 0.3) is 5.56 Å². The smallest absolute Gasteiger partial charge is 0.251 e. The zero-order valence-corrected chi connectivity index (χ0v) is 15.0. The van der Waals surface area contributed by atoms with Gasteiger partial charge in [0.2, 0.25) is 0 Å². The van der Waals surface area contributed by atoms with E-state index < -0.39 is 5.41 Å². The predicted octanol–water partition coefficient (Wildman–Crippen LogP) is 2.97. The van der Waals surface area contributed by atoms with Crippen molar-refractivity contribution in [2.45, 2.75) is 38.6 Å². The number of nitrogens with two attached hydrogens (primary N) is 1. The zero-order valence-electron chi connectivity index (χ0n) is 15.0. The maximum Gasteiger partial charge on any atom is 0.251 e. The molecule has 0 aliphatic rings. The molecule has 1 atom stereocenters. The van der Waals surface area contributed by atoms with Crippen molar-refractivity contribution in [3.63, 3.8) is 0 Å². The third-order valence-corrected chi connectivity index (χ3v) is 4.80. The van der Waals surface area contributed by atoms with Gasteiger partial charge in [-0.2, -0.15) is 5.26 Å². The van der Waals surface area contributed by atoms with Gasteiger partial charge in [0.1, 0.15) is 0 Å². The highest BCUT2D eigenvalue weighted by atomic mass is 16.1. The van der Waals surface area contributed by atoms with Gasteiger partial charge in [-0.15, -0.1) is 0 Å². The molecule has 5 heteroatoms. The summed E-state index contributed by atoms with van der Waals surface area (Å²) in [5.74, 6) is 0. The van der Waals surface area contributed by atoms with E-state index in [-0.39, 0.29) is 5.56 Å². The zero-order chi connectivity index (χ0) is 18.7. The topological polar surface area (TPSA) is 95.6 Å². The van der Waals surface area contributed by atoms with Crippen molar-refractivity contribution in [1.82, 2.24) is 9.97 Å². The van der Waals surface area contributed by atoms with Gasteiger partial charge in [-0.3, -0.25) is 9.78 Å². The number of H-pyrrole nitrogens is 1. The van der Waals surface area contributed by atoms with E-state index in [2.05, 4.69) is 16.0 Å². The molecule has 1 aromatic carbocycles. The number of rotatable bonds is 5. The second-order valence-electron chi connectivity index (χ2n) is 6.72. The summed E-state index contributed by atoms with van der Waals surface area (Å²) in [6.07, 6.45) is 1.16. The lowest BCUT2D eigenvalue weighted by molar-refractivity contribution is 0.595. The van der Waals surface area contributed by atoms with Crippen LogP contribution in [0.25, 0.3) is 10.9 Å². The molecular weight excluding hydrogens is 324 g/mol. The van der Waals surface area contributed by atoms with Gasteiger partial charge in [0, 0.05) is 29.7 Å². The molecule has 0 amide bonds. The Hall–Kier alpha value is -2.97. The number of pyridine rings is 2. The highest BCUT2D eigenvalue weighted by molar-refractivity contribution is 5.80. The Bertz CT molecular complexity index is 1050. The predicted molar refractivity (Wildman–Crippen MR) is 103 cm³/mol. The van der Waals surface area contributed by atoms with Crippen molar-refractivity contribution in [1.29, 1.82) is 5.26 Å². The van der Waals surface area contributed by atoms with Gasteiger partial charge >= 0.3 is 0 Å². The number of nitrogens with one attached hydrogen (secondary N) is 1. The standard InChI is InChI=1S/C21H22N4O/c1-3-14-9-15-7-8-16(10-19(15)25-20(14)26)21(2,13-23)11-17-5-4-6-18(12-22)24-17/h4-10H,3,11-12,22H2,1-2H3,(H,25,26). The number of hydrogen-bond acceptors (Lipinski definition) is 4. The van der Waals surface area contributed by atoms with Crippen LogP contribution in [0.1, 0.15) is 36.4 Å². The summed E-state index contributed by atoms with van der Waals surface area (Å²) in [6, 6.07) is 15.8.